The molecule has 0 saturated carbocycles. The Balaban J connectivity index is 2.17. The zero-order chi connectivity index (χ0) is 12.1. The Morgan fingerprint density at radius 1 is 0.941 bits per heavy atom. The molecule has 1 nitrogen and oxygen atoms in total. The van der Waals surface area contributed by atoms with Crippen LogP contribution in [0.4, 0.5) is 0 Å². The van der Waals surface area contributed by atoms with Crippen LogP contribution in [0.1, 0.15) is 11.1 Å². The molecule has 0 bridgehead atoms. The molecule has 0 heterocycles. The Morgan fingerprint density at radius 3 is 2.29 bits per heavy atom. The van der Waals surface area contributed by atoms with Crippen LogP contribution < -0.4 is 0 Å². The SMILES string of the molecule is Cc1ccccc1C=CS(=O)c1ccccc1. The molecule has 0 amide bonds. The summed E-state index contributed by atoms with van der Waals surface area (Å²) in [5.41, 5.74) is 2.30. The van der Waals surface area contributed by atoms with E-state index in [-0.39, 0.29) is 0 Å². The second-order valence-corrected chi connectivity index (χ2v) is 5.11. The van der Waals surface area contributed by atoms with Gasteiger partial charge in [-0.15, -0.1) is 0 Å². The van der Waals surface area contributed by atoms with Crippen LogP contribution >= 0.6 is 0 Å². The number of benzene rings is 2. The summed E-state index contributed by atoms with van der Waals surface area (Å²) in [7, 11) is -1.07. The molecule has 2 aromatic carbocycles. The fraction of sp³-hybridized carbons (Fsp3) is 0.0667. The molecule has 0 saturated heterocycles. The van der Waals surface area contributed by atoms with E-state index in [1.807, 2.05) is 67.6 Å². The first kappa shape index (κ1) is 11.8. The lowest BCUT2D eigenvalue weighted by atomic mass is 10.1. The minimum Gasteiger partial charge on any atom is -0.250 e. The van der Waals surface area contributed by atoms with E-state index in [0.29, 0.717) is 0 Å². The van der Waals surface area contributed by atoms with Crippen LogP contribution in [0.25, 0.3) is 6.08 Å². The third kappa shape index (κ3) is 3.14. The van der Waals surface area contributed by atoms with Crippen molar-refractivity contribution >= 4 is 16.9 Å². The van der Waals surface area contributed by atoms with Gasteiger partial charge in [-0.1, -0.05) is 42.5 Å². The zero-order valence-electron chi connectivity index (χ0n) is 9.67. The summed E-state index contributed by atoms with van der Waals surface area (Å²) in [6.45, 7) is 2.05. The first-order valence-corrected chi connectivity index (χ1v) is 6.68. The molecule has 86 valence electrons. The quantitative estimate of drug-likeness (QED) is 0.800. The van der Waals surface area contributed by atoms with Crippen LogP contribution in [0.3, 0.4) is 0 Å². The molecule has 0 N–H and O–H groups in total. The second-order valence-electron chi connectivity index (χ2n) is 3.77. The summed E-state index contributed by atoms with van der Waals surface area (Å²) in [4.78, 5) is 0.831. The molecule has 0 aliphatic heterocycles. The Bertz CT molecular complexity index is 544. The minimum absolute atomic E-state index is 0.831. The van der Waals surface area contributed by atoms with Crippen molar-refractivity contribution in [2.45, 2.75) is 11.8 Å². The van der Waals surface area contributed by atoms with Crippen LogP contribution in [-0.4, -0.2) is 4.21 Å². The van der Waals surface area contributed by atoms with E-state index in [9.17, 15) is 4.21 Å². The van der Waals surface area contributed by atoms with Crippen LogP contribution in [-0.2, 0) is 10.8 Å². The number of rotatable bonds is 3. The monoisotopic (exact) mass is 242 g/mol. The maximum atomic E-state index is 12.0. The molecule has 0 spiro atoms. The van der Waals surface area contributed by atoms with Gasteiger partial charge in [-0.05, 0) is 36.3 Å². The second kappa shape index (κ2) is 5.60. The molecule has 0 fully saturated rings. The highest BCUT2D eigenvalue weighted by Crippen LogP contribution is 2.12. The Kier molecular flexibility index (Phi) is 3.89. The van der Waals surface area contributed by atoms with Crippen molar-refractivity contribution in [1.82, 2.24) is 0 Å². The average molecular weight is 242 g/mol. The summed E-state index contributed by atoms with van der Waals surface area (Å²) in [6, 6.07) is 17.5. The topological polar surface area (TPSA) is 17.1 Å². The van der Waals surface area contributed by atoms with Crippen molar-refractivity contribution in [2.24, 2.45) is 0 Å². The molecule has 1 atom stereocenters. The summed E-state index contributed by atoms with van der Waals surface area (Å²) >= 11 is 0. The largest absolute Gasteiger partial charge is 0.250 e. The molecular formula is C15H14OS. The number of hydrogen-bond acceptors (Lipinski definition) is 1. The van der Waals surface area contributed by atoms with Crippen molar-refractivity contribution < 1.29 is 4.21 Å². The Hall–Kier alpha value is -1.67. The Morgan fingerprint density at radius 2 is 1.59 bits per heavy atom. The van der Waals surface area contributed by atoms with E-state index >= 15 is 0 Å². The first-order valence-electron chi connectivity index (χ1n) is 5.47. The van der Waals surface area contributed by atoms with Crippen LogP contribution in [0.5, 0.6) is 0 Å². The third-order valence-electron chi connectivity index (χ3n) is 2.54. The van der Waals surface area contributed by atoms with E-state index in [2.05, 4.69) is 0 Å². The van der Waals surface area contributed by atoms with E-state index in [0.717, 1.165) is 10.5 Å². The summed E-state index contributed by atoms with van der Waals surface area (Å²) < 4.78 is 12.0. The van der Waals surface area contributed by atoms with E-state index in [1.54, 1.807) is 5.41 Å². The molecule has 1 unspecified atom stereocenters. The summed E-state index contributed by atoms with van der Waals surface area (Å²) in [5.74, 6) is 0. The molecule has 2 heteroatoms. The zero-order valence-corrected chi connectivity index (χ0v) is 10.5. The van der Waals surface area contributed by atoms with Gasteiger partial charge in [0.2, 0.25) is 0 Å². The standard InChI is InChI=1S/C15H14OS/c1-13-7-5-6-8-14(13)11-12-17(16)15-9-3-2-4-10-15/h2-12H,1H3. The highest BCUT2D eigenvalue weighted by molar-refractivity contribution is 7.88. The molecule has 2 aromatic rings. The highest BCUT2D eigenvalue weighted by Gasteiger charge is 1.98. The lowest BCUT2D eigenvalue weighted by molar-refractivity contribution is 0.688. The van der Waals surface area contributed by atoms with Gasteiger partial charge < -0.3 is 0 Å². The van der Waals surface area contributed by atoms with Gasteiger partial charge in [0, 0.05) is 10.3 Å². The summed E-state index contributed by atoms with van der Waals surface area (Å²) in [6.07, 6.45) is 1.92. The van der Waals surface area contributed by atoms with Gasteiger partial charge in [0.25, 0.3) is 0 Å². The van der Waals surface area contributed by atoms with Gasteiger partial charge in [-0.3, -0.25) is 0 Å². The third-order valence-corrected chi connectivity index (χ3v) is 3.66. The number of aryl methyl sites for hydroxylation is 1. The maximum Gasteiger partial charge on any atom is 0.0776 e. The maximum absolute atomic E-state index is 12.0. The van der Waals surface area contributed by atoms with Gasteiger partial charge in [0.1, 0.15) is 0 Å². The fourth-order valence-electron chi connectivity index (χ4n) is 1.54. The predicted octanol–water partition coefficient (Wildman–Crippen LogP) is 3.77. The number of hydrogen-bond donors (Lipinski definition) is 0. The van der Waals surface area contributed by atoms with Crippen LogP contribution in [0.15, 0.2) is 64.9 Å². The minimum atomic E-state index is -1.07. The van der Waals surface area contributed by atoms with Gasteiger partial charge in [-0.25, -0.2) is 4.21 Å². The lowest BCUT2D eigenvalue weighted by Gasteiger charge is -1.99. The Labute approximate surface area is 104 Å². The van der Waals surface area contributed by atoms with Crippen molar-refractivity contribution in [3.63, 3.8) is 0 Å². The van der Waals surface area contributed by atoms with E-state index in [1.165, 1.54) is 5.56 Å². The normalized spacial score (nSPS) is 12.8. The average Bonchev–Trinajstić information content (AvgIpc) is 2.38. The predicted molar refractivity (Wildman–Crippen MR) is 73.1 cm³/mol. The van der Waals surface area contributed by atoms with Crippen LogP contribution in [0, 0.1) is 6.92 Å². The van der Waals surface area contributed by atoms with E-state index < -0.39 is 10.8 Å². The fourth-order valence-corrected chi connectivity index (χ4v) is 2.39. The molecule has 0 aliphatic carbocycles. The molecular weight excluding hydrogens is 228 g/mol. The first-order chi connectivity index (χ1) is 8.27. The smallest absolute Gasteiger partial charge is 0.0776 e. The van der Waals surface area contributed by atoms with Crippen LogP contribution in [0.2, 0.25) is 0 Å². The summed E-state index contributed by atoms with van der Waals surface area (Å²) in [5, 5.41) is 1.73. The van der Waals surface area contributed by atoms with Crippen molar-refractivity contribution in [1.29, 1.82) is 0 Å². The van der Waals surface area contributed by atoms with Gasteiger partial charge >= 0.3 is 0 Å². The molecule has 2 rings (SSSR count). The van der Waals surface area contributed by atoms with Crippen molar-refractivity contribution in [3.8, 4) is 0 Å². The molecule has 0 aromatic heterocycles. The van der Waals surface area contributed by atoms with Gasteiger partial charge in [-0.2, -0.15) is 0 Å². The molecule has 17 heavy (non-hydrogen) atoms. The van der Waals surface area contributed by atoms with Gasteiger partial charge in [0.15, 0.2) is 0 Å². The van der Waals surface area contributed by atoms with Crippen molar-refractivity contribution in [3.05, 3.63) is 71.1 Å². The van der Waals surface area contributed by atoms with E-state index in [4.69, 9.17) is 0 Å². The molecule has 0 aliphatic rings. The van der Waals surface area contributed by atoms with Gasteiger partial charge in [0.05, 0.1) is 10.8 Å². The highest BCUT2D eigenvalue weighted by atomic mass is 32.2. The van der Waals surface area contributed by atoms with Crippen molar-refractivity contribution in [2.75, 3.05) is 0 Å². The lowest BCUT2D eigenvalue weighted by Crippen LogP contribution is -1.85. The molecule has 0 radical (unpaired) electrons.